The van der Waals surface area contributed by atoms with Crippen molar-refractivity contribution in [1.29, 1.82) is 5.26 Å². The average Bonchev–Trinajstić information content (AvgIpc) is 2.77. The van der Waals surface area contributed by atoms with Crippen LogP contribution in [0.15, 0.2) is 0 Å². The number of rotatable bonds is 3. The molecule has 4 unspecified atom stereocenters. The summed E-state index contributed by atoms with van der Waals surface area (Å²) in [7, 11) is 0. The molecule has 0 heterocycles. The van der Waals surface area contributed by atoms with E-state index >= 15 is 0 Å². The zero-order valence-corrected chi connectivity index (χ0v) is 8.93. The monoisotopic (exact) mass is 232 g/mol. The molecule has 0 amide bonds. The molecule has 0 saturated heterocycles. The van der Waals surface area contributed by atoms with Crippen molar-refractivity contribution in [2.75, 3.05) is 6.54 Å². The molecule has 0 radical (unpaired) electrons. The van der Waals surface area contributed by atoms with E-state index in [4.69, 9.17) is 5.26 Å². The fourth-order valence-electron chi connectivity index (χ4n) is 3.00. The first-order chi connectivity index (χ1) is 7.50. The van der Waals surface area contributed by atoms with Crippen LogP contribution in [-0.2, 0) is 0 Å². The van der Waals surface area contributed by atoms with E-state index in [0.29, 0.717) is 11.8 Å². The molecule has 1 N–H and O–H groups in total. The van der Waals surface area contributed by atoms with Crippen LogP contribution in [0.3, 0.4) is 0 Å². The first-order valence-electron chi connectivity index (χ1n) is 5.70. The van der Waals surface area contributed by atoms with E-state index in [1.54, 1.807) is 0 Å². The second-order valence-corrected chi connectivity index (χ2v) is 4.91. The molecule has 2 nitrogen and oxygen atoms in total. The van der Waals surface area contributed by atoms with Gasteiger partial charge in [0.05, 0.1) is 6.07 Å². The van der Waals surface area contributed by atoms with Crippen LogP contribution < -0.4 is 5.32 Å². The van der Waals surface area contributed by atoms with E-state index in [2.05, 4.69) is 5.32 Å². The molecule has 2 bridgehead atoms. The summed E-state index contributed by atoms with van der Waals surface area (Å²) in [5, 5.41) is 11.4. The van der Waals surface area contributed by atoms with Crippen molar-refractivity contribution < 1.29 is 13.2 Å². The highest BCUT2D eigenvalue weighted by Gasteiger charge is 2.43. The number of fused-ring (bicyclic) bond motifs is 2. The van der Waals surface area contributed by atoms with Gasteiger partial charge >= 0.3 is 6.18 Å². The summed E-state index contributed by atoms with van der Waals surface area (Å²) >= 11 is 0. The van der Waals surface area contributed by atoms with Gasteiger partial charge in [0.25, 0.3) is 0 Å². The molecule has 0 aromatic heterocycles. The van der Waals surface area contributed by atoms with E-state index in [-0.39, 0.29) is 12.6 Å². The van der Waals surface area contributed by atoms with Crippen LogP contribution in [0.1, 0.15) is 25.7 Å². The van der Waals surface area contributed by atoms with Gasteiger partial charge in [-0.05, 0) is 31.1 Å². The van der Waals surface area contributed by atoms with Crippen molar-refractivity contribution in [2.45, 2.75) is 37.9 Å². The lowest BCUT2D eigenvalue weighted by atomic mass is 9.95. The number of hydrogen-bond donors (Lipinski definition) is 1. The lowest BCUT2D eigenvalue weighted by molar-refractivity contribution is -0.158. The fraction of sp³-hybridized carbons (Fsp3) is 0.909. The lowest BCUT2D eigenvalue weighted by Gasteiger charge is -2.24. The fourth-order valence-corrected chi connectivity index (χ4v) is 3.00. The first kappa shape index (κ1) is 11.7. The SMILES string of the molecule is N#CC(CNC1CC2CCC1C2)C(F)(F)F. The van der Waals surface area contributed by atoms with Crippen molar-refractivity contribution in [3.05, 3.63) is 0 Å². The van der Waals surface area contributed by atoms with Crippen molar-refractivity contribution in [3.63, 3.8) is 0 Å². The van der Waals surface area contributed by atoms with Gasteiger partial charge in [0.15, 0.2) is 5.92 Å². The predicted octanol–water partition coefficient (Wildman–Crippen LogP) is 2.47. The van der Waals surface area contributed by atoms with Crippen LogP contribution in [0, 0.1) is 29.1 Å². The van der Waals surface area contributed by atoms with Crippen LogP contribution in [-0.4, -0.2) is 18.8 Å². The largest absolute Gasteiger partial charge is 0.405 e. The molecule has 2 aliphatic carbocycles. The van der Waals surface area contributed by atoms with Crippen molar-refractivity contribution in [1.82, 2.24) is 5.32 Å². The minimum absolute atomic E-state index is 0.206. The average molecular weight is 232 g/mol. The minimum atomic E-state index is -4.40. The maximum Gasteiger partial charge on any atom is 0.405 e. The Bertz CT molecular complexity index is 295. The summed E-state index contributed by atoms with van der Waals surface area (Å²) in [4.78, 5) is 0. The van der Waals surface area contributed by atoms with Crippen LogP contribution in [0.4, 0.5) is 13.2 Å². The number of hydrogen-bond acceptors (Lipinski definition) is 2. The number of alkyl halides is 3. The minimum Gasteiger partial charge on any atom is -0.312 e. The summed E-state index contributed by atoms with van der Waals surface area (Å²) in [6, 6.07) is 1.53. The van der Waals surface area contributed by atoms with Crippen molar-refractivity contribution in [2.24, 2.45) is 17.8 Å². The highest BCUT2D eigenvalue weighted by molar-refractivity contribution is 4.96. The third kappa shape index (κ3) is 2.32. The smallest absolute Gasteiger partial charge is 0.312 e. The van der Waals surface area contributed by atoms with Gasteiger partial charge in [0.2, 0.25) is 0 Å². The Morgan fingerprint density at radius 2 is 2.06 bits per heavy atom. The molecule has 2 rings (SSSR count). The number of nitrogens with zero attached hydrogens (tertiary/aromatic N) is 1. The van der Waals surface area contributed by atoms with Gasteiger partial charge in [-0.15, -0.1) is 0 Å². The van der Waals surface area contributed by atoms with E-state index in [1.807, 2.05) is 0 Å². The maximum atomic E-state index is 12.3. The first-order valence-corrected chi connectivity index (χ1v) is 5.70. The topological polar surface area (TPSA) is 35.8 Å². The number of halogens is 3. The zero-order chi connectivity index (χ0) is 11.8. The second-order valence-electron chi connectivity index (χ2n) is 4.91. The maximum absolute atomic E-state index is 12.3. The molecule has 0 aliphatic heterocycles. The van der Waals surface area contributed by atoms with Crippen LogP contribution in [0.2, 0.25) is 0 Å². The zero-order valence-electron chi connectivity index (χ0n) is 8.93. The van der Waals surface area contributed by atoms with E-state index < -0.39 is 12.1 Å². The molecule has 0 spiro atoms. The molecule has 5 heteroatoms. The van der Waals surface area contributed by atoms with Gasteiger partial charge in [-0.1, -0.05) is 6.42 Å². The molecule has 2 aliphatic rings. The quantitative estimate of drug-likeness (QED) is 0.811. The Morgan fingerprint density at radius 3 is 2.50 bits per heavy atom. The van der Waals surface area contributed by atoms with Gasteiger partial charge in [-0.3, -0.25) is 0 Å². The van der Waals surface area contributed by atoms with E-state index in [0.717, 1.165) is 19.3 Å². The van der Waals surface area contributed by atoms with Crippen molar-refractivity contribution >= 4 is 0 Å². The number of nitriles is 1. The molecule has 2 fully saturated rings. The Balaban J connectivity index is 1.81. The summed E-state index contributed by atoms with van der Waals surface area (Å²) < 4.78 is 37.0. The van der Waals surface area contributed by atoms with Crippen molar-refractivity contribution in [3.8, 4) is 6.07 Å². The molecule has 0 aromatic carbocycles. The summed E-state index contributed by atoms with van der Waals surface area (Å²) in [6.07, 6.45) is 0.0936. The third-order valence-corrected chi connectivity index (χ3v) is 3.87. The third-order valence-electron chi connectivity index (χ3n) is 3.87. The summed E-state index contributed by atoms with van der Waals surface area (Å²) in [5.41, 5.74) is 0. The Labute approximate surface area is 92.8 Å². The molecule has 16 heavy (non-hydrogen) atoms. The predicted molar refractivity (Wildman–Crippen MR) is 52.4 cm³/mol. The van der Waals surface area contributed by atoms with E-state index in [1.165, 1.54) is 12.5 Å². The van der Waals surface area contributed by atoms with Gasteiger partial charge in [-0.25, -0.2) is 0 Å². The highest BCUT2D eigenvalue weighted by atomic mass is 19.4. The Kier molecular flexibility index (Phi) is 3.11. The van der Waals surface area contributed by atoms with Gasteiger partial charge < -0.3 is 5.32 Å². The molecule has 2 saturated carbocycles. The van der Waals surface area contributed by atoms with Gasteiger partial charge in [0, 0.05) is 12.6 Å². The molecule has 0 aromatic rings. The van der Waals surface area contributed by atoms with E-state index in [9.17, 15) is 13.2 Å². The Hall–Kier alpha value is -0.760. The van der Waals surface area contributed by atoms with Gasteiger partial charge in [-0.2, -0.15) is 18.4 Å². The molecule has 90 valence electrons. The Morgan fingerprint density at radius 1 is 1.31 bits per heavy atom. The summed E-state index contributed by atoms with van der Waals surface area (Å²) in [6.45, 7) is -0.256. The molecule has 4 atom stereocenters. The second kappa shape index (κ2) is 4.25. The molecular formula is C11H15F3N2. The highest BCUT2D eigenvalue weighted by Crippen LogP contribution is 2.44. The molecular weight excluding hydrogens is 217 g/mol. The normalized spacial score (nSPS) is 35.0. The standard InChI is InChI=1S/C11H15F3N2/c12-11(13,14)9(5-15)6-16-10-4-7-1-2-8(10)3-7/h7-10,16H,1-4,6H2. The lowest BCUT2D eigenvalue weighted by Crippen LogP contribution is -2.40. The van der Waals surface area contributed by atoms with Crippen LogP contribution in [0.25, 0.3) is 0 Å². The van der Waals surface area contributed by atoms with Crippen LogP contribution in [0.5, 0.6) is 0 Å². The number of nitrogens with one attached hydrogen (secondary N) is 1. The van der Waals surface area contributed by atoms with Crippen LogP contribution >= 0.6 is 0 Å². The van der Waals surface area contributed by atoms with Gasteiger partial charge in [0.1, 0.15) is 0 Å². The summed E-state index contributed by atoms with van der Waals surface area (Å²) in [5.74, 6) is -0.627.